The smallest absolute Gasteiger partial charge is 0.302 e. The number of esters is 1. The van der Waals surface area contributed by atoms with Gasteiger partial charge < -0.3 is 4.74 Å². The summed E-state index contributed by atoms with van der Waals surface area (Å²) >= 11 is 2.20. The second-order valence-electron chi connectivity index (χ2n) is 4.55. The van der Waals surface area contributed by atoms with Crippen LogP contribution in [-0.2, 0) is 16.0 Å². The van der Waals surface area contributed by atoms with Gasteiger partial charge in [-0.1, -0.05) is 30.4 Å². The third-order valence-corrected chi connectivity index (χ3v) is 3.95. The number of rotatable bonds is 6. The number of ether oxygens (including phenoxy) is 1. The Bertz CT molecular complexity index is 597. The molecule has 0 N–H and O–H groups in total. The molecule has 0 aliphatic heterocycles. The predicted molar refractivity (Wildman–Crippen MR) is 86.9 cm³/mol. The van der Waals surface area contributed by atoms with E-state index in [2.05, 4.69) is 34.7 Å². The van der Waals surface area contributed by atoms with E-state index in [1.54, 1.807) is 12.2 Å². The van der Waals surface area contributed by atoms with Crippen molar-refractivity contribution in [1.82, 2.24) is 0 Å². The van der Waals surface area contributed by atoms with Crippen LogP contribution in [0, 0.1) is 31.6 Å². The van der Waals surface area contributed by atoms with E-state index in [1.807, 2.05) is 24.3 Å². The Balaban J connectivity index is 2.76. The van der Waals surface area contributed by atoms with E-state index in [-0.39, 0.29) is 12.6 Å². The summed E-state index contributed by atoms with van der Waals surface area (Å²) in [5.74, 6) is -0.356. The summed E-state index contributed by atoms with van der Waals surface area (Å²) in [5, 5.41) is 18.8. The van der Waals surface area contributed by atoms with Crippen molar-refractivity contribution in [3.8, 4) is 12.1 Å². The van der Waals surface area contributed by atoms with Gasteiger partial charge in [0.2, 0.25) is 0 Å². The minimum absolute atomic E-state index is 0.158. The maximum atomic E-state index is 10.6. The highest BCUT2D eigenvalue weighted by Crippen LogP contribution is 2.28. The molecule has 0 aromatic heterocycles. The monoisotopic (exact) mass is 394 g/mol. The molecule has 0 atom stereocenters. The Kier molecular flexibility index (Phi) is 6.90. The molecule has 5 heteroatoms. The van der Waals surface area contributed by atoms with Gasteiger partial charge in [-0.2, -0.15) is 10.5 Å². The molecule has 0 saturated carbocycles. The van der Waals surface area contributed by atoms with Crippen LogP contribution in [0.3, 0.4) is 0 Å². The van der Waals surface area contributed by atoms with Crippen LogP contribution in [-0.4, -0.2) is 12.6 Å². The zero-order valence-corrected chi connectivity index (χ0v) is 13.8. The van der Waals surface area contributed by atoms with Crippen molar-refractivity contribution in [2.75, 3.05) is 6.61 Å². The van der Waals surface area contributed by atoms with Crippen LogP contribution in [0.1, 0.15) is 18.9 Å². The van der Waals surface area contributed by atoms with Crippen LogP contribution in [0.15, 0.2) is 36.4 Å². The van der Waals surface area contributed by atoms with Gasteiger partial charge in [-0.25, -0.2) is 0 Å². The lowest BCUT2D eigenvalue weighted by Gasteiger charge is -2.17. The van der Waals surface area contributed by atoms with E-state index in [0.717, 1.165) is 9.13 Å². The third-order valence-electron chi connectivity index (χ3n) is 2.89. The number of carbonyl (C=O) groups excluding carboxylic acids is 1. The number of hydrogen-bond donors (Lipinski definition) is 0. The van der Waals surface area contributed by atoms with Gasteiger partial charge in [0.25, 0.3) is 0 Å². The number of carbonyl (C=O) groups is 1. The number of allylic oxidation sites excluding steroid dienone is 1. The molecule has 0 bridgehead atoms. The molecule has 1 rings (SSSR count). The molecular weight excluding hydrogens is 379 g/mol. The van der Waals surface area contributed by atoms with E-state index >= 15 is 0 Å². The quantitative estimate of drug-likeness (QED) is 0.421. The maximum absolute atomic E-state index is 10.6. The lowest BCUT2D eigenvalue weighted by atomic mass is 9.81. The molecule has 1 aromatic carbocycles. The second-order valence-corrected chi connectivity index (χ2v) is 5.71. The zero-order valence-electron chi connectivity index (χ0n) is 11.7. The number of hydrogen-bond acceptors (Lipinski definition) is 4. The second kappa shape index (κ2) is 8.43. The minimum Gasteiger partial charge on any atom is -0.462 e. The minimum atomic E-state index is -1.10. The molecule has 0 unspecified atom stereocenters. The van der Waals surface area contributed by atoms with Gasteiger partial charge in [0.1, 0.15) is 6.61 Å². The first kappa shape index (κ1) is 17.2. The SMILES string of the molecule is CC(=O)OCC=CCC(C#N)(C#N)Cc1ccccc1I. The molecule has 1 aromatic rings. The van der Waals surface area contributed by atoms with Gasteiger partial charge >= 0.3 is 5.97 Å². The van der Waals surface area contributed by atoms with Crippen LogP contribution >= 0.6 is 22.6 Å². The normalized spacial score (nSPS) is 10.9. The predicted octanol–water partition coefficient (Wildman–Crippen LogP) is 3.38. The highest BCUT2D eigenvalue weighted by atomic mass is 127. The van der Waals surface area contributed by atoms with Crippen molar-refractivity contribution in [2.45, 2.75) is 19.8 Å². The summed E-state index contributed by atoms with van der Waals surface area (Å²) in [6, 6.07) is 11.9. The third kappa shape index (κ3) is 5.57. The topological polar surface area (TPSA) is 73.9 Å². The van der Waals surface area contributed by atoms with Crippen molar-refractivity contribution in [2.24, 2.45) is 5.41 Å². The first-order valence-electron chi connectivity index (χ1n) is 6.37. The Morgan fingerprint density at radius 1 is 1.33 bits per heavy atom. The fourth-order valence-corrected chi connectivity index (χ4v) is 2.33. The average Bonchev–Trinajstić information content (AvgIpc) is 2.47. The Hall–Kier alpha value is -1.86. The van der Waals surface area contributed by atoms with Gasteiger partial charge in [0.05, 0.1) is 12.1 Å². The Morgan fingerprint density at radius 2 is 2.00 bits per heavy atom. The molecule has 0 fully saturated rings. The average molecular weight is 394 g/mol. The maximum Gasteiger partial charge on any atom is 0.302 e. The zero-order chi connectivity index (χ0) is 15.7. The standard InChI is InChI=1S/C16H15IN2O2/c1-13(20)21-9-5-4-8-16(11-18,12-19)10-14-6-2-3-7-15(14)17/h2-7H,8-10H2,1H3. The van der Waals surface area contributed by atoms with E-state index in [1.165, 1.54) is 6.92 Å². The summed E-state index contributed by atoms with van der Waals surface area (Å²) in [5.41, 5.74) is -0.122. The lowest BCUT2D eigenvalue weighted by molar-refractivity contribution is -0.139. The van der Waals surface area contributed by atoms with Crippen molar-refractivity contribution < 1.29 is 9.53 Å². The van der Waals surface area contributed by atoms with Gasteiger partial charge in [0, 0.05) is 16.9 Å². The fraction of sp³-hybridized carbons (Fsp3) is 0.312. The molecule has 0 heterocycles. The van der Waals surface area contributed by atoms with E-state index in [0.29, 0.717) is 12.8 Å². The Labute approximate surface area is 138 Å². The number of halogens is 1. The first-order valence-corrected chi connectivity index (χ1v) is 7.45. The van der Waals surface area contributed by atoms with E-state index in [9.17, 15) is 15.3 Å². The summed E-state index contributed by atoms with van der Waals surface area (Å²) < 4.78 is 5.80. The lowest BCUT2D eigenvalue weighted by Crippen LogP contribution is -2.19. The highest BCUT2D eigenvalue weighted by Gasteiger charge is 2.29. The largest absolute Gasteiger partial charge is 0.462 e. The fourth-order valence-electron chi connectivity index (χ4n) is 1.75. The summed E-state index contributed by atoms with van der Waals surface area (Å²) in [6.45, 7) is 1.49. The molecule has 0 radical (unpaired) electrons. The first-order chi connectivity index (χ1) is 10.0. The molecule has 0 aliphatic rings. The van der Waals surface area contributed by atoms with Gasteiger partial charge in [-0.3, -0.25) is 4.79 Å². The van der Waals surface area contributed by atoms with Gasteiger partial charge in [0.15, 0.2) is 5.41 Å². The summed E-state index contributed by atoms with van der Waals surface area (Å²) in [4.78, 5) is 10.6. The molecule has 4 nitrogen and oxygen atoms in total. The molecule has 108 valence electrons. The molecule has 0 saturated heterocycles. The van der Waals surface area contributed by atoms with Crippen LogP contribution < -0.4 is 0 Å². The van der Waals surface area contributed by atoms with Crippen molar-refractivity contribution in [3.63, 3.8) is 0 Å². The van der Waals surface area contributed by atoms with E-state index in [4.69, 9.17) is 4.74 Å². The molecule has 0 spiro atoms. The van der Waals surface area contributed by atoms with Crippen molar-refractivity contribution >= 4 is 28.6 Å². The summed E-state index contributed by atoms with van der Waals surface area (Å²) in [7, 11) is 0. The molecule has 0 amide bonds. The van der Waals surface area contributed by atoms with Gasteiger partial charge in [-0.15, -0.1) is 0 Å². The van der Waals surface area contributed by atoms with Gasteiger partial charge in [-0.05, 0) is 40.6 Å². The number of nitrogens with zero attached hydrogens (tertiary/aromatic N) is 2. The van der Waals surface area contributed by atoms with Crippen LogP contribution in [0.5, 0.6) is 0 Å². The number of nitriles is 2. The molecule has 21 heavy (non-hydrogen) atoms. The van der Waals surface area contributed by atoms with Crippen LogP contribution in [0.2, 0.25) is 0 Å². The molecular formula is C16H15IN2O2. The highest BCUT2D eigenvalue weighted by molar-refractivity contribution is 14.1. The van der Waals surface area contributed by atoms with Crippen molar-refractivity contribution in [1.29, 1.82) is 10.5 Å². The Morgan fingerprint density at radius 3 is 2.57 bits per heavy atom. The van der Waals surface area contributed by atoms with E-state index < -0.39 is 5.41 Å². The van der Waals surface area contributed by atoms with Crippen LogP contribution in [0.4, 0.5) is 0 Å². The molecule has 0 aliphatic carbocycles. The summed E-state index contributed by atoms with van der Waals surface area (Å²) in [6.07, 6.45) is 4.04. The van der Waals surface area contributed by atoms with Crippen molar-refractivity contribution in [3.05, 3.63) is 45.6 Å². The number of benzene rings is 1. The van der Waals surface area contributed by atoms with Crippen LogP contribution in [0.25, 0.3) is 0 Å².